The van der Waals surface area contributed by atoms with Gasteiger partial charge in [0.15, 0.2) is 12.4 Å². The van der Waals surface area contributed by atoms with Crippen LogP contribution in [-0.2, 0) is 22.5 Å². The standard InChI is InChI=1S/C27H26FN3O5/c1-35-13-5-12-31-17-21(14-20(16-29)27(31)34)26(33)23-15-22(28)8-9-24(23)36-18-25(32)30-11-10-19-6-3-2-4-7-19/h2-4,6-9,14-15,17H,5,10-13,18H2,1H3,(H,30,32). The predicted molar refractivity (Wildman–Crippen MR) is 130 cm³/mol. The third kappa shape index (κ3) is 7.10. The van der Waals surface area contributed by atoms with Gasteiger partial charge >= 0.3 is 0 Å². The van der Waals surface area contributed by atoms with E-state index >= 15 is 0 Å². The van der Waals surface area contributed by atoms with Gasteiger partial charge < -0.3 is 19.4 Å². The number of ketones is 1. The van der Waals surface area contributed by atoms with E-state index in [0.717, 1.165) is 17.7 Å². The van der Waals surface area contributed by atoms with Crippen molar-refractivity contribution in [3.63, 3.8) is 0 Å². The number of methoxy groups -OCH3 is 1. The van der Waals surface area contributed by atoms with Crippen LogP contribution in [0.4, 0.5) is 4.39 Å². The van der Waals surface area contributed by atoms with E-state index in [2.05, 4.69) is 5.32 Å². The van der Waals surface area contributed by atoms with Crippen LogP contribution in [-0.4, -0.2) is 43.1 Å². The first-order valence-electron chi connectivity index (χ1n) is 11.3. The Bertz CT molecular complexity index is 1320. The monoisotopic (exact) mass is 491 g/mol. The summed E-state index contributed by atoms with van der Waals surface area (Å²) >= 11 is 0. The average Bonchev–Trinajstić information content (AvgIpc) is 2.89. The van der Waals surface area contributed by atoms with Crippen molar-refractivity contribution >= 4 is 11.7 Å². The van der Waals surface area contributed by atoms with Crippen molar-refractivity contribution in [2.75, 3.05) is 26.9 Å². The first-order chi connectivity index (χ1) is 17.4. The number of hydrogen-bond donors (Lipinski definition) is 1. The number of hydrogen-bond acceptors (Lipinski definition) is 6. The van der Waals surface area contributed by atoms with Crippen LogP contribution >= 0.6 is 0 Å². The maximum atomic E-state index is 14.0. The summed E-state index contributed by atoms with van der Waals surface area (Å²) < 4.78 is 25.8. The van der Waals surface area contributed by atoms with Crippen molar-refractivity contribution in [1.29, 1.82) is 5.26 Å². The zero-order valence-electron chi connectivity index (χ0n) is 19.8. The minimum Gasteiger partial charge on any atom is -0.483 e. The van der Waals surface area contributed by atoms with Gasteiger partial charge in [-0.3, -0.25) is 14.4 Å². The van der Waals surface area contributed by atoms with Crippen molar-refractivity contribution in [1.82, 2.24) is 9.88 Å². The van der Waals surface area contributed by atoms with Crippen LogP contribution in [0.3, 0.4) is 0 Å². The first-order valence-corrected chi connectivity index (χ1v) is 11.3. The van der Waals surface area contributed by atoms with Crippen LogP contribution in [0, 0.1) is 17.1 Å². The third-order valence-electron chi connectivity index (χ3n) is 5.34. The zero-order valence-corrected chi connectivity index (χ0v) is 19.8. The second-order valence-corrected chi connectivity index (χ2v) is 7.94. The molecule has 1 amide bonds. The average molecular weight is 492 g/mol. The molecule has 0 saturated heterocycles. The van der Waals surface area contributed by atoms with Crippen LogP contribution < -0.4 is 15.6 Å². The second-order valence-electron chi connectivity index (χ2n) is 7.94. The Morgan fingerprint density at radius 1 is 1.14 bits per heavy atom. The van der Waals surface area contributed by atoms with E-state index in [1.165, 1.54) is 30.0 Å². The van der Waals surface area contributed by atoms with Gasteiger partial charge in [-0.25, -0.2) is 4.39 Å². The summed E-state index contributed by atoms with van der Waals surface area (Å²) in [6, 6.07) is 16.0. The number of nitrogens with one attached hydrogen (secondary N) is 1. The van der Waals surface area contributed by atoms with E-state index in [0.29, 0.717) is 26.0 Å². The Hall–Kier alpha value is -4.29. The Balaban J connectivity index is 1.74. The van der Waals surface area contributed by atoms with Crippen molar-refractivity contribution in [2.45, 2.75) is 19.4 Å². The minimum absolute atomic E-state index is 0.00949. The first kappa shape index (κ1) is 26.3. The summed E-state index contributed by atoms with van der Waals surface area (Å²) in [7, 11) is 1.53. The zero-order chi connectivity index (χ0) is 25.9. The Labute approximate surface area is 207 Å². The van der Waals surface area contributed by atoms with Crippen LogP contribution in [0.25, 0.3) is 0 Å². The highest BCUT2D eigenvalue weighted by atomic mass is 19.1. The van der Waals surface area contributed by atoms with Crippen LogP contribution in [0.1, 0.15) is 33.5 Å². The molecule has 2 aromatic carbocycles. The molecule has 0 saturated carbocycles. The van der Waals surface area contributed by atoms with Crippen LogP contribution in [0.2, 0.25) is 0 Å². The molecular weight excluding hydrogens is 465 g/mol. The number of carbonyl (C=O) groups excluding carboxylic acids is 2. The molecule has 1 heterocycles. The van der Waals surface area contributed by atoms with Gasteiger partial charge in [0.2, 0.25) is 0 Å². The number of halogens is 1. The molecule has 36 heavy (non-hydrogen) atoms. The number of ether oxygens (including phenoxy) is 2. The summed E-state index contributed by atoms with van der Waals surface area (Å²) in [5, 5.41) is 12.1. The number of benzene rings is 2. The number of nitriles is 1. The van der Waals surface area contributed by atoms with Crippen molar-refractivity contribution in [2.24, 2.45) is 0 Å². The Morgan fingerprint density at radius 3 is 2.64 bits per heavy atom. The highest BCUT2D eigenvalue weighted by Crippen LogP contribution is 2.23. The van der Waals surface area contributed by atoms with Gasteiger partial charge in [0.25, 0.3) is 11.5 Å². The molecule has 1 aromatic heterocycles. The van der Waals surface area contributed by atoms with Gasteiger partial charge in [-0.05, 0) is 42.7 Å². The summed E-state index contributed by atoms with van der Waals surface area (Å²) in [5.41, 5.74) is 0.220. The van der Waals surface area contributed by atoms with E-state index in [1.54, 1.807) is 6.07 Å². The fourth-order valence-corrected chi connectivity index (χ4v) is 3.53. The fraction of sp³-hybridized carbons (Fsp3) is 0.259. The molecule has 0 fully saturated rings. The van der Waals surface area contributed by atoms with Crippen LogP contribution in [0.5, 0.6) is 5.75 Å². The summed E-state index contributed by atoms with van der Waals surface area (Å²) in [4.78, 5) is 37.9. The number of pyridine rings is 1. The van der Waals surface area contributed by atoms with Crippen molar-refractivity contribution < 1.29 is 23.5 Å². The van der Waals surface area contributed by atoms with E-state index in [1.807, 2.05) is 30.3 Å². The van der Waals surface area contributed by atoms with Gasteiger partial charge in [0.1, 0.15) is 23.2 Å². The summed E-state index contributed by atoms with van der Waals surface area (Å²) in [6.07, 6.45) is 2.47. The molecule has 0 spiro atoms. The summed E-state index contributed by atoms with van der Waals surface area (Å²) in [5.74, 6) is -1.71. The van der Waals surface area contributed by atoms with Gasteiger partial charge in [-0.1, -0.05) is 30.3 Å². The SMILES string of the molecule is COCCCn1cc(C(=O)c2cc(F)ccc2OCC(=O)NCCc2ccccc2)cc(C#N)c1=O. The number of rotatable bonds is 12. The second kappa shape index (κ2) is 13.0. The Kier molecular flexibility index (Phi) is 9.48. The van der Waals surface area contributed by atoms with E-state index in [9.17, 15) is 24.0 Å². The normalized spacial score (nSPS) is 10.5. The lowest BCUT2D eigenvalue weighted by Crippen LogP contribution is -2.30. The molecule has 186 valence electrons. The lowest BCUT2D eigenvalue weighted by Gasteiger charge is -2.13. The van der Waals surface area contributed by atoms with Gasteiger partial charge in [-0.2, -0.15) is 5.26 Å². The molecule has 0 aliphatic heterocycles. The van der Waals surface area contributed by atoms with Gasteiger partial charge in [0, 0.05) is 38.6 Å². The number of aryl methyl sites for hydroxylation is 1. The summed E-state index contributed by atoms with van der Waals surface area (Å²) in [6.45, 7) is 0.656. The molecule has 9 heteroatoms. The largest absolute Gasteiger partial charge is 0.483 e. The highest BCUT2D eigenvalue weighted by molar-refractivity contribution is 6.10. The predicted octanol–water partition coefficient (Wildman–Crippen LogP) is 2.86. The Morgan fingerprint density at radius 2 is 1.92 bits per heavy atom. The molecule has 0 atom stereocenters. The van der Waals surface area contributed by atoms with E-state index in [-0.39, 0.29) is 35.6 Å². The molecule has 1 N–H and O–H groups in total. The van der Waals surface area contributed by atoms with Gasteiger partial charge in [-0.15, -0.1) is 0 Å². The quantitative estimate of drug-likeness (QED) is 0.308. The molecule has 0 bridgehead atoms. The molecule has 0 aliphatic rings. The lowest BCUT2D eigenvalue weighted by atomic mass is 10.0. The molecular formula is C27H26FN3O5. The van der Waals surface area contributed by atoms with Crippen LogP contribution in [0.15, 0.2) is 65.6 Å². The molecule has 0 radical (unpaired) electrons. The number of amides is 1. The smallest absolute Gasteiger partial charge is 0.268 e. The maximum Gasteiger partial charge on any atom is 0.268 e. The van der Waals surface area contributed by atoms with Gasteiger partial charge in [0.05, 0.1) is 5.56 Å². The number of aromatic nitrogens is 1. The highest BCUT2D eigenvalue weighted by Gasteiger charge is 2.19. The molecule has 3 aromatic rings. The molecule has 0 unspecified atom stereocenters. The topological polar surface area (TPSA) is 110 Å². The van der Waals surface area contributed by atoms with Crippen molar-refractivity contribution in [3.8, 4) is 11.8 Å². The van der Waals surface area contributed by atoms with E-state index in [4.69, 9.17) is 9.47 Å². The number of carbonyl (C=O) groups is 2. The number of nitrogens with zero attached hydrogens (tertiary/aromatic N) is 2. The lowest BCUT2D eigenvalue weighted by molar-refractivity contribution is -0.123. The molecule has 3 rings (SSSR count). The molecule has 8 nitrogen and oxygen atoms in total. The third-order valence-corrected chi connectivity index (χ3v) is 5.34. The van der Waals surface area contributed by atoms with Crippen molar-refractivity contribution in [3.05, 3.63) is 99.2 Å². The molecule has 0 aliphatic carbocycles. The maximum absolute atomic E-state index is 14.0. The minimum atomic E-state index is -0.674. The fourth-order valence-electron chi connectivity index (χ4n) is 3.53. The van der Waals surface area contributed by atoms with E-state index < -0.39 is 23.1 Å².